The lowest BCUT2D eigenvalue weighted by Gasteiger charge is -2.26. The molecular formula is C35H42N4O7. The Balaban J connectivity index is 1.67. The van der Waals surface area contributed by atoms with Gasteiger partial charge in [0.05, 0.1) is 17.1 Å². The highest BCUT2D eigenvalue weighted by atomic mass is 16.6. The van der Waals surface area contributed by atoms with Crippen LogP contribution in [0.15, 0.2) is 17.1 Å². The summed E-state index contributed by atoms with van der Waals surface area (Å²) in [5.41, 5.74) is 7.76. The second kappa shape index (κ2) is 11.7. The van der Waals surface area contributed by atoms with E-state index in [4.69, 9.17) is 4.74 Å². The first-order valence-corrected chi connectivity index (χ1v) is 15.9. The number of esters is 1. The molecule has 0 aromatic carbocycles. The Labute approximate surface area is 266 Å². The largest absolute Gasteiger partial charge is 0.510 e. The Kier molecular flexibility index (Phi) is 8.00. The number of allylic oxidation sites excluding steroid dienone is 3. The number of aliphatic hydroxyl groups excluding tert-OH is 2. The van der Waals surface area contributed by atoms with Crippen LogP contribution >= 0.6 is 0 Å². The fraction of sp³-hybridized carbons (Fsp3) is 0.457. The molecule has 0 saturated carbocycles. The molecule has 0 radical (unpaired) electrons. The van der Waals surface area contributed by atoms with Crippen molar-refractivity contribution < 1.29 is 34.4 Å². The number of aromatic nitrogens is 2. The Hall–Kier alpha value is -4.51. The quantitative estimate of drug-likeness (QED) is 0.138. The number of hydrogen-bond donors (Lipinski definition) is 7. The summed E-state index contributed by atoms with van der Waals surface area (Å²) in [7, 11) is 0. The molecule has 6 atom stereocenters. The van der Waals surface area contributed by atoms with Crippen LogP contribution < -0.4 is 21.2 Å². The number of nitrogens with one attached hydrogen (secondary N) is 4. The van der Waals surface area contributed by atoms with E-state index in [0.29, 0.717) is 28.1 Å². The SMILES string of the molecule is CC[C@H]1/C2=C/c3[nH]c4c(c3C)=C(O)[C@H](C(=O)OCO)C=4[C@@H]3N/C(=C\c4[nH]c(c(C(C)=O)c4C)/C=C(\N2)[C@@H]1C)[C@@H](C)[C@@H]3CCC(=O)O. The number of carbonyl (C=O) groups is 3. The minimum atomic E-state index is -1.19. The van der Waals surface area contributed by atoms with Gasteiger partial charge in [0.25, 0.3) is 0 Å². The van der Waals surface area contributed by atoms with Crippen molar-refractivity contribution in [3.8, 4) is 0 Å². The maximum atomic E-state index is 13.4. The molecule has 2 fully saturated rings. The van der Waals surface area contributed by atoms with Gasteiger partial charge in [-0.15, -0.1) is 0 Å². The lowest BCUT2D eigenvalue weighted by Crippen LogP contribution is -2.38. The van der Waals surface area contributed by atoms with Crippen molar-refractivity contribution in [3.05, 3.63) is 61.4 Å². The molecule has 2 aromatic heterocycles. The molecule has 11 nitrogen and oxygen atoms in total. The summed E-state index contributed by atoms with van der Waals surface area (Å²) in [5.74, 6) is -3.25. The Morgan fingerprint density at radius 3 is 2.26 bits per heavy atom. The number of carbonyl (C=O) groups excluding carboxylic acids is 2. The van der Waals surface area contributed by atoms with Crippen LogP contribution in [0.1, 0.15) is 85.5 Å². The van der Waals surface area contributed by atoms with Crippen LogP contribution in [0.3, 0.4) is 0 Å². The number of aliphatic hydroxyl groups is 2. The number of aromatic amines is 2. The van der Waals surface area contributed by atoms with Crippen LogP contribution in [-0.4, -0.2) is 55.8 Å². The number of hydrogen-bond acceptors (Lipinski definition) is 8. The summed E-state index contributed by atoms with van der Waals surface area (Å²) in [6.45, 7) is 10.8. The predicted molar refractivity (Wildman–Crippen MR) is 173 cm³/mol. The van der Waals surface area contributed by atoms with Crippen molar-refractivity contribution in [1.29, 1.82) is 0 Å². The molecule has 4 aliphatic rings. The van der Waals surface area contributed by atoms with E-state index < -0.39 is 30.7 Å². The van der Waals surface area contributed by atoms with Gasteiger partial charge >= 0.3 is 11.9 Å². The van der Waals surface area contributed by atoms with Crippen molar-refractivity contribution in [2.75, 3.05) is 6.79 Å². The number of ketones is 1. The third kappa shape index (κ3) is 4.88. The highest BCUT2D eigenvalue weighted by molar-refractivity contribution is 6.00. The number of H-pyrrole nitrogens is 2. The van der Waals surface area contributed by atoms with Crippen molar-refractivity contribution >= 4 is 47.3 Å². The van der Waals surface area contributed by atoms with Crippen LogP contribution in [0.25, 0.3) is 29.6 Å². The van der Waals surface area contributed by atoms with Gasteiger partial charge < -0.3 is 40.7 Å². The molecular weight excluding hydrogens is 588 g/mol. The molecule has 5 heterocycles. The molecule has 0 amide bonds. The van der Waals surface area contributed by atoms with E-state index in [2.05, 4.69) is 34.4 Å². The Morgan fingerprint density at radius 1 is 0.935 bits per heavy atom. The van der Waals surface area contributed by atoms with E-state index in [0.717, 1.165) is 51.7 Å². The van der Waals surface area contributed by atoms with Crippen LogP contribution in [0.2, 0.25) is 0 Å². The summed E-state index contributed by atoms with van der Waals surface area (Å²) in [4.78, 5) is 45.1. The average molecular weight is 631 g/mol. The summed E-state index contributed by atoms with van der Waals surface area (Å²) >= 11 is 0. The maximum absolute atomic E-state index is 13.4. The average Bonchev–Trinajstić information content (AvgIpc) is 3.73. The monoisotopic (exact) mass is 630 g/mol. The summed E-state index contributed by atoms with van der Waals surface area (Å²) < 4.78 is 5.05. The topological polar surface area (TPSA) is 177 Å². The predicted octanol–water partition coefficient (Wildman–Crippen LogP) is 3.19. The van der Waals surface area contributed by atoms with Gasteiger partial charge in [-0.05, 0) is 74.5 Å². The summed E-state index contributed by atoms with van der Waals surface area (Å²) in [5, 5.41) is 39.1. The number of carboxylic acid groups (broad SMARTS) is 1. The molecule has 2 saturated heterocycles. The molecule has 1 aliphatic carbocycles. The van der Waals surface area contributed by atoms with Gasteiger partial charge in [-0.2, -0.15) is 0 Å². The minimum absolute atomic E-state index is 0.0548. The zero-order chi connectivity index (χ0) is 33.2. The zero-order valence-electron chi connectivity index (χ0n) is 27.0. The Bertz CT molecular complexity index is 1870. The molecule has 2 aromatic rings. The molecule has 8 bridgehead atoms. The molecule has 0 unspecified atom stereocenters. The smallest absolute Gasteiger partial charge is 0.323 e. The van der Waals surface area contributed by atoms with E-state index in [1.165, 1.54) is 0 Å². The minimum Gasteiger partial charge on any atom is -0.510 e. The van der Waals surface area contributed by atoms with E-state index in [9.17, 15) is 29.7 Å². The van der Waals surface area contributed by atoms with Crippen molar-refractivity contribution in [2.45, 2.75) is 66.8 Å². The first kappa shape index (κ1) is 31.5. The number of aliphatic carboxylic acids is 1. The number of ether oxygens (including phenoxy) is 1. The van der Waals surface area contributed by atoms with Gasteiger partial charge in [-0.3, -0.25) is 14.4 Å². The molecule has 244 valence electrons. The van der Waals surface area contributed by atoms with Gasteiger partial charge in [-0.25, -0.2) is 0 Å². The number of carboxylic acids is 1. The standard InChI is InChI=1S/C35H42N4O7/c1-7-19-14(2)21-12-26-28(18(6)41)16(4)23(37-26)10-22-15(3)20(8-9-27(42)43)32(38-22)30-31(35(45)46-13-40)34(44)29-17(5)24(39-33(29)30)11-25(19)36-21/h10-12,14-15,19-20,31-32,36-40,44H,7-9,13H2,1-6H3,(H,42,43)/b21-12-,22-10-,25-11-/t14-,15+,19-,20+,31-,32-/m1/s1. The lowest BCUT2D eigenvalue weighted by molar-refractivity contribution is -0.153. The van der Waals surface area contributed by atoms with Crippen molar-refractivity contribution in [1.82, 2.24) is 20.6 Å². The van der Waals surface area contributed by atoms with Gasteiger partial charge in [-0.1, -0.05) is 20.8 Å². The maximum Gasteiger partial charge on any atom is 0.323 e. The highest BCUT2D eigenvalue weighted by Crippen LogP contribution is 2.43. The van der Waals surface area contributed by atoms with Gasteiger partial charge in [0.2, 0.25) is 0 Å². The normalized spacial score (nSPS) is 29.7. The zero-order valence-corrected chi connectivity index (χ0v) is 27.0. The molecule has 46 heavy (non-hydrogen) atoms. The van der Waals surface area contributed by atoms with E-state index in [-0.39, 0.29) is 41.6 Å². The molecule has 7 N–H and O–H groups in total. The highest BCUT2D eigenvalue weighted by Gasteiger charge is 2.47. The summed E-state index contributed by atoms with van der Waals surface area (Å²) in [6, 6.07) is -0.548. The molecule has 6 rings (SSSR count). The van der Waals surface area contributed by atoms with Crippen LogP contribution in [0.4, 0.5) is 0 Å². The molecule has 0 spiro atoms. The molecule has 11 heteroatoms. The second-order valence-corrected chi connectivity index (χ2v) is 13.0. The van der Waals surface area contributed by atoms with E-state index in [1.54, 1.807) is 6.92 Å². The fourth-order valence-electron chi connectivity index (χ4n) is 8.13. The van der Waals surface area contributed by atoms with Crippen molar-refractivity contribution in [2.24, 2.45) is 29.6 Å². The Morgan fingerprint density at radius 2 is 1.61 bits per heavy atom. The molecule has 3 aliphatic heterocycles. The fourth-order valence-corrected chi connectivity index (χ4v) is 8.13. The van der Waals surface area contributed by atoms with Crippen LogP contribution in [0, 0.1) is 43.4 Å². The van der Waals surface area contributed by atoms with Gasteiger partial charge in [0.1, 0.15) is 11.7 Å². The van der Waals surface area contributed by atoms with Gasteiger partial charge in [0.15, 0.2) is 12.6 Å². The first-order valence-electron chi connectivity index (χ1n) is 15.9. The number of fused-ring (bicyclic) bond motifs is 8. The summed E-state index contributed by atoms with van der Waals surface area (Å²) in [6.07, 6.45) is 7.14. The van der Waals surface area contributed by atoms with Crippen LogP contribution in [-0.2, 0) is 14.3 Å². The number of rotatable bonds is 7. The van der Waals surface area contributed by atoms with Gasteiger partial charge in [0, 0.05) is 63.4 Å². The first-order chi connectivity index (χ1) is 21.9. The van der Waals surface area contributed by atoms with Crippen LogP contribution in [0.5, 0.6) is 0 Å². The van der Waals surface area contributed by atoms with E-state index >= 15 is 0 Å². The van der Waals surface area contributed by atoms with Crippen molar-refractivity contribution in [3.63, 3.8) is 0 Å². The second-order valence-electron chi connectivity index (χ2n) is 13.0. The number of Topliss-reactive ketones (excluding diaryl/α,β-unsaturated/α-hetero) is 1. The third-order valence-corrected chi connectivity index (χ3v) is 10.6. The lowest BCUT2D eigenvalue weighted by atomic mass is 9.80. The third-order valence-electron chi connectivity index (χ3n) is 10.6. The van der Waals surface area contributed by atoms with E-state index in [1.807, 2.05) is 39.0 Å².